The van der Waals surface area contributed by atoms with Gasteiger partial charge in [-0.15, -0.1) is 10.2 Å². The molecular weight excluding hydrogens is 431 g/mol. The molecule has 2 aromatic carbocycles. The molecule has 4 rings (SSSR count). The molecule has 0 saturated carbocycles. The van der Waals surface area contributed by atoms with Gasteiger partial charge in [0.2, 0.25) is 16.9 Å². The average molecular weight is 447 g/mol. The molecule has 1 atom stereocenters. The van der Waals surface area contributed by atoms with E-state index in [1.165, 1.54) is 40.5 Å². The van der Waals surface area contributed by atoms with E-state index < -0.39 is 5.92 Å². The first-order valence-electron chi connectivity index (χ1n) is 9.05. The van der Waals surface area contributed by atoms with Gasteiger partial charge in [-0.25, -0.2) is 4.39 Å². The van der Waals surface area contributed by atoms with Crippen LogP contribution in [0.3, 0.4) is 0 Å². The molecule has 0 radical (unpaired) electrons. The third-order valence-corrected chi connectivity index (χ3v) is 5.57. The Morgan fingerprint density at radius 2 is 1.93 bits per heavy atom. The minimum Gasteiger partial charge on any atom is -0.486 e. The molecule has 1 saturated heterocycles. The van der Waals surface area contributed by atoms with Crippen molar-refractivity contribution in [1.82, 2.24) is 10.2 Å². The molecule has 30 heavy (non-hydrogen) atoms. The molecule has 1 fully saturated rings. The lowest BCUT2D eigenvalue weighted by Crippen LogP contribution is -2.28. The predicted octanol–water partition coefficient (Wildman–Crippen LogP) is 3.90. The lowest BCUT2D eigenvalue weighted by molar-refractivity contribution is -0.122. The summed E-state index contributed by atoms with van der Waals surface area (Å²) in [6, 6.07) is 12.5. The Bertz CT molecular complexity index is 1060. The smallest absolute Gasteiger partial charge is 0.231 e. The van der Waals surface area contributed by atoms with Crippen molar-refractivity contribution in [3.8, 4) is 5.75 Å². The molecule has 1 aliphatic heterocycles. The van der Waals surface area contributed by atoms with Gasteiger partial charge in [-0.2, -0.15) is 0 Å². The maximum atomic E-state index is 13.1. The van der Waals surface area contributed by atoms with E-state index in [4.69, 9.17) is 16.3 Å². The van der Waals surface area contributed by atoms with Gasteiger partial charge >= 0.3 is 0 Å². The van der Waals surface area contributed by atoms with Crippen LogP contribution in [-0.4, -0.2) is 28.6 Å². The third kappa shape index (κ3) is 4.74. The molecule has 1 aliphatic rings. The monoisotopic (exact) mass is 446 g/mol. The molecule has 1 N–H and O–H groups in total. The van der Waals surface area contributed by atoms with Gasteiger partial charge in [0.05, 0.1) is 5.92 Å². The van der Waals surface area contributed by atoms with Gasteiger partial charge in [-0.3, -0.25) is 9.59 Å². The first-order valence-corrected chi connectivity index (χ1v) is 10.2. The summed E-state index contributed by atoms with van der Waals surface area (Å²) in [4.78, 5) is 26.3. The summed E-state index contributed by atoms with van der Waals surface area (Å²) in [5, 5.41) is 12.2. The fourth-order valence-corrected chi connectivity index (χ4v) is 3.78. The van der Waals surface area contributed by atoms with Crippen molar-refractivity contribution < 1.29 is 18.7 Å². The number of amides is 2. The van der Waals surface area contributed by atoms with Crippen LogP contribution in [0.5, 0.6) is 5.75 Å². The van der Waals surface area contributed by atoms with Crippen molar-refractivity contribution in [1.29, 1.82) is 0 Å². The van der Waals surface area contributed by atoms with Crippen LogP contribution in [0.2, 0.25) is 5.02 Å². The van der Waals surface area contributed by atoms with Crippen molar-refractivity contribution in [2.45, 2.75) is 13.0 Å². The number of aromatic nitrogens is 2. The van der Waals surface area contributed by atoms with E-state index >= 15 is 0 Å². The zero-order valence-corrected chi connectivity index (χ0v) is 17.1. The van der Waals surface area contributed by atoms with Gasteiger partial charge in [0.1, 0.15) is 18.2 Å². The lowest BCUT2D eigenvalue weighted by atomic mass is 10.1. The van der Waals surface area contributed by atoms with E-state index in [0.29, 0.717) is 26.6 Å². The van der Waals surface area contributed by atoms with Gasteiger partial charge in [-0.05, 0) is 48.5 Å². The number of rotatable bonds is 6. The van der Waals surface area contributed by atoms with Crippen LogP contribution in [0.1, 0.15) is 11.4 Å². The molecule has 0 spiro atoms. The largest absolute Gasteiger partial charge is 0.486 e. The van der Waals surface area contributed by atoms with Crippen LogP contribution in [0.25, 0.3) is 0 Å². The zero-order valence-electron chi connectivity index (χ0n) is 15.5. The van der Waals surface area contributed by atoms with E-state index in [0.717, 1.165) is 0 Å². The van der Waals surface area contributed by atoms with Crippen molar-refractivity contribution in [3.05, 3.63) is 64.4 Å². The summed E-state index contributed by atoms with van der Waals surface area (Å²) >= 11 is 7.03. The first-order chi connectivity index (χ1) is 14.5. The van der Waals surface area contributed by atoms with Gasteiger partial charge in [0, 0.05) is 23.7 Å². The Hall–Kier alpha value is -3.04. The Morgan fingerprint density at radius 3 is 2.67 bits per heavy atom. The zero-order chi connectivity index (χ0) is 21.1. The number of hydrogen-bond acceptors (Lipinski definition) is 6. The fraction of sp³-hybridized carbons (Fsp3) is 0.200. The van der Waals surface area contributed by atoms with Crippen LogP contribution in [0.4, 0.5) is 15.2 Å². The summed E-state index contributed by atoms with van der Waals surface area (Å²) in [5.41, 5.74) is 0.564. The second-order valence-corrected chi connectivity index (χ2v) is 8.11. The number of nitrogens with one attached hydrogen (secondary N) is 1. The van der Waals surface area contributed by atoms with E-state index in [9.17, 15) is 14.0 Å². The fourth-order valence-electron chi connectivity index (χ4n) is 3.00. The average Bonchev–Trinajstić information content (AvgIpc) is 3.35. The minimum atomic E-state index is -0.528. The van der Waals surface area contributed by atoms with Gasteiger partial charge < -0.3 is 15.0 Å². The maximum Gasteiger partial charge on any atom is 0.231 e. The van der Waals surface area contributed by atoms with Crippen molar-refractivity contribution in [3.63, 3.8) is 0 Å². The highest BCUT2D eigenvalue weighted by molar-refractivity contribution is 7.15. The van der Waals surface area contributed by atoms with E-state index in [-0.39, 0.29) is 37.2 Å². The van der Waals surface area contributed by atoms with Crippen LogP contribution in [0.15, 0.2) is 48.5 Å². The maximum absolute atomic E-state index is 13.1. The summed E-state index contributed by atoms with van der Waals surface area (Å²) in [6.45, 7) is 0.428. The van der Waals surface area contributed by atoms with Gasteiger partial charge in [0.25, 0.3) is 0 Å². The number of nitrogens with zero attached hydrogens (tertiary/aromatic N) is 3. The van der Waals surface area contributed by atoms with Crippen molar-refractivity contribution in [2.75, 3.05) is 16.8 Å². The number of carbonyl (C=O) groups is 2. The molecule has 0 bridgehead atoms. The molecule has 7 nitrogen and oxygen atoms in total. The molecule has 10 heteroatoms. The Balaban J connectivity index is 1.32. The van der Waals surface area contributed by atoms with Crippen molar-refractivity contribution >= 4 is 45.6 Å². The summed E-state index contributed by atoms with van der Waals surface area (Å²) in [5.74, 6) is -0.761. The topological polar surface area (TPSA) is 84.4 Å². The normalized spacial score (nSPS) is 16.0. The molecule has 0 aliphatic carbocycles. The second-order valence-electron chi connectivity index (χ2n) is 6.61. The standard InChI is InChI=1S/C20H16ClFN4O3S/c21-13-1-7-16(8-2-13)29-11-17-24-25-20(30-17)23-19(28)12-9-18(27)26(10-12)15-5-3-14(22)4-6-15/h1-8,12H,9-11H2,(H,23,25,28). The van der Waals surface area contributed by atoms with E-state index in [1.54, 1.807) is 24.3 Å². The van der Waals surface area contributed by atoms with Gasteiger partial charge in [-0.1, -0.05) is 22.9 Å². The Morgan fingerprint density at radius 1 is 1.20 bits per heavy atom. The number of carbonyl (C=O) groups excluding carboxylic acids is 2. The summed E-state index contributed by atoms with van der Waals surface area (Å²) in [7, 11) is 0. The first kappa shape index (κ1) is 20.2. The number of ether oxygens (including phenoxy) is 1. The van der Waals surface area contributed by atoms with Crippen molar-refractivity contribution in [2.24, 2.45) is 5.92 Å². The van der Waals surface area contributed by atoms with Crippen LogP contribution >= 0.6 is 22.9 Å². The van der Waals surface area contributed by atoms with Crippen LogP contribution < -0.4 is 15.0 Å². The van der Waals surface area contributed by atoms with E-state index in [1.807, 2.05) is 0 Å². The molecule has 154 valence electrons. The summed E-state index contributed by atoms with van der Waals surface area (Å²) in [6.07, 6.45) is 0.0779. The van der Waals surface area contributed by atoms with Crippen LogP contribution in [0, 0.1) is 11.7 Å². The molecule has 3 aromatic rings. The SMILES string of the molecule is O=C(Nc1nnc(COc2ccc(Cl)cc2)s1)C1CC(=O)N(c2ccc(F)cc2)C1. The molecule has 2 amide bonds. The Labute approximate surface area is 180 Å². The third-order valence-electron chi connectivity index (χ3n) is 4.51. The number of halogens is 2. The highest BCUT2D eigenvalue weighted by Crippen LogP contribution is 2.27. The molecule has 1 unspecified atom stereocenters. The summed E-state index contributed by atoms with van der Waals surface area (Å²) < 4.78 is 18.7. The number of anilines is 2. The predicted molar refractivity (Wildman–Crippen MR) is 111 cm³/mol. The van der Waals surface area contributed by atoms with E-state index in [2.05, 4.69) is 15.5 Å². The Kier molecular flexibility index (Phi) is 5.91. The molecule has 1 aromatic heterocycles. The molecular formula is C20H16ClFN4O3S. The second kappa shape index (κ2) is 8.76. The van der Waals surface area contributed by atoms with Crippen LogP contribution in [-0.2, 0) is 16.2 Å². The lowest BCUT2D eigenvalue weighted by Gasteiger charge is -2.16. The highest BCUT2D eigenvalue weighted by Gasteiger charge is 2.35. The number of hydrogen-bond donors (Lipinski definition) is 1. The quantitative estimate of drug-likeness (QED) is 0.620. The highest BCUT2D eigenvalue weighted by atomic mass is 35.5. The number of benzene rings is 2. The van der Waals surface area contributed by atoms with Gasteiger partial charge in [0.15, 0.2) is 5.01 Å². The molecule has 2 heterocycles. The minimum absolute atomic E-state index is 0.0779.